The molecule has 4 heteroatoms. The zero-order valence-electron chi connectivity index (χ0n) is 12.6. The number of ether oxygens (including phenoxy) is 3. The first-order chi connectivity index (χ1) is 8.74. The molecule has 0 unspecified atom stereocenters. The molecule has 0 amide bonds. The molecule has 0 fully saturated rings. The second-order valence-electron chi connectivity index (χ2n) is 4.49. The van der Waals surface area contributed by atoms with E-state index in [0.717, 1.165) is 13.2 Å². The maximum Gasteiger partial charge on any atom is 0.0701 e. The molecule has 0 aliphatic rings. The van der Waals surface area contributed by atoms with Gasteiger partial charge in [-0.1, -0.05) is 20.8 Å². The third-order valence-corrected chi connectivity index (χ3v) is 3.58. The van der Waals surface area contributed by atoms with Gasteiger partial charge in [0.05, 0.1) is 33.0 Å². The average Bonchev–Trinajstić information content (AvgIpc) is 2.42. The van der Waals surface area contributed by atoms with Gasteiger partial charge in [-0.25, -0.2) is 0 Å². The quantitative estimate of drug-likeness (QED) is 0.516. The highest BCUT2D eigenvalue weighted by Gasteiger charge is 2.21. The largest absolute Gasteiger partial charge is 0.382 e. The van der Waals surface area contributed by atoms with Gasteiger partial charge in [0.1, 0.15) is 0 Å². The maximum atomic E-state index is 5.51. The van der Waals surface area contributed by atoms with Crippen molar-refractivity contribution in [2.24, 2.45) is 0 Å². The molecule has 0 radical (unpaired) electrons. The fourth-order valence-electron chi connectivity index (χ4n) is 1.98. The Morgan fingerprint density at radius 3 is 1.78 bits per heavy atom. The van der Waals surface area contributed by atoms with E-state index in [2.05, 4.69) is 26.1 Å². The first-order valence-corrected chi connectivity index (χ1v) is 7.14. The van der Waals surface area contributed by atoms with E-state index >= 15 is 0 Å². The van der Waals surface area contributed by atoms with E-state index in [1.54, 1.807) is 7.11 Å². The number of hydrogen-bond acceptors (Lipinski definition) is 4. The molecule has 0 heterocycles. The molecule has 0 aromatic carbocycles. The van der Waals surface area contributed by atoms with E-state index in [4.69, 9.17) is 14.2 Å². The first kappa shape index (κ1) is 17.8. The first-order valence-electron chi connectivity index (χ1n) is 7.14. The predicted octanol–water partition coefficient (Wildman–Crippen LogP) is 2.22. The van der Waals surface area contributed by atoms with Crippen LogP contribution in [0, 0.1) is 0 Å². The van der Waals surface area contributed by atoms with Crippen molar-refractivity contribution >= 4 is 0 Å². The highest BCUT2D eigenvalue weighted by molar-refractivity contribution is 4.83. The van der Waals surface area contributed by atoms with Gasteiger partial charge >= 0.3 is 0 Å². The molecular weight excluding hydrogens is 230 g/mol. The second-order valence-corrected chi connectivity index (χ2v) is 4.49. The summed E-state index contributed by atoms with van der Waals surface area (Å²) in [7, 11) is 1.67. The molecule has 0 aromatic rings. The normalized spacial score (nSPS) is 12.0. The van der Waals surface area contributed by atoms with Crippen LogP contribution in [0.15, 0.2) is 0 Å². The van der Waals surface area contributed by atoms with Crippen LogP contribution in [0.3, 0.4) is 0 Å². The molecule has 0 aromatic heterocycles. The molecule has 0 atom stereocenters. The van der Waals surface area contributed by atoms with Crippen LogP contribution < -0.4 is 5.32 Å². The van der Waals surface area contributed by atoms with Crippen LogP contribution >= 0.6 is 0 Å². The highest BCUT2D eigenvalue weighted by atomic mass is 16.5. The lowest BCUT2D eigenvalue weighted by molar-refractivity contribution is 0.0242. The summed E-state index contributed by atoms with van der Waals surface area (Å²) in [4.78, 5) is 0. The van der Waals surface area contributed by atoms with Crippen molar-refractivity contribution in [1.29, 1.82) is 0 Å². The summed E-state index contributed by atoms with van der Waals surface area (Å²) in [6.45, 7) is 11.0. The standard InChI is InChI=1S/C14H31NO3/c1-5-14(6-2,7-3)15-8-9-17-12-13-18-11-10-16-4/h15H,5-13H2,1-4H3. The molecule has 0 rings (SSSR count). The third kappa shape index (κ3) is 8.03. The van der Waals surface area contributed by atoms with Crippen molar-refractivity contribution < 1.29 is 14.2 Å². The monoisotopic (exact) mass is 261 g/mol. The van der Waals surface area contributed by atoms with Crippen LogP contribution in [0.4, 0.5) is 0 Å². The van der Waals surface area contributed by atoms with Crippen LogP contribution in [-0.4, -0.2) is 52.2 Å². The van der Waals surface area contributed by atoms with Gasteiger partial charge in [-0.05, 0) is 19.3 Å². The van der Waals surface area contributed by atoms with E-state index in [1.165, 1.54) is 19.3 Å². The molecule has 1 N–H and O–H groups in total. The molecule has 0 spiro atoms. The molecule has 18 heavy (non-hydrogen) atoms. The molecule has 0 aliphatic heterocycles. The summed E-state index contributed by atoms with van der Waals surface area (Å²) < 4.78 is 15.7. The number of nitrogens with one attached hydrogen (secondary N) is 1. The van der Waals surface area contributed by atoms with Crippen LogP contribution in [0.25, 0.3) is 0 Å². The summed E-state index contributed by atoms with van der Waals surface area (Å²) in [6, 6.07) is 0. The van der Waals surface area contributed by atoms with Gasteiger partial charge in [-0.3, -0.25) is 0 Å². The minimum absolute atomic E-state index is 0.290. The molecule has 0 saturated heterocycles. The van der Waals surface area contributed by atoms with Crippen molar-refractivity contribution in [3.05, 3.63) is 0 Å². The van der Waals surface area contributed by atoms with E-state index in [0.29, 0.717) is 32.0 Å². The second kappa shape index (κ2) is 11.9. The smallest absolute Gasteiger partial charge is 0.0701 e. The molecule has 0 aliphatic carbocycles. The zero-order valence-corrected chi connectivity index (χ0v) is 12.6. The summed E-state index contributed by atoms with van der Waals surface area (Å²) in [5.74, 6) is 0. The van der Waals surface area contributed by atoms with E-state index in [-0.39, 0.29) is 0 Å². The van der Waals surface area contributed by atoms with Crippen LogP contribution in [0.2, 0.25) is 0 Å². The summed E-state index contributed by atoms with van der Waals surface area (Å²) in [5, 5.41) is 3.61. The highest BCUT2D eigenvalue weighted by Crippen LogP contribution is 2.18. The van der Waals surface area contributed by atoms with Gasteiger partial charge in [-0.2, -0.15) is 0 Å². The Bertz CT molecular complexity index is 164. The van der Waals surface area contributed by atoms with Gasteiger partial charge in [0, 0.05) is 19.2 Å². The number of methoxy groups -OCH3 is 1. The lowest BCUT2D eigenvalue weighted by Crippen LogP contribution is -2.45. The molecule has 0 bridgehead atoms. The van der Waals surface area contributed by atoms with Gasteiger partial charge < -0.3 is 19.5 Å². The van der Waals surface area contributed by atoms with Gasteiger partial charge in [0.2, 0.25) is 0 Å². The fraction of sp³-hybridized carbons (Fsp3) is 1.00. The number of rotatable bonds is 13. The Morgan fingerprint density at radius 1 is 0.778 bits per heavy atom. The molecule has 4 nitrogen and oxygen atoms in total. The predicted molar refractivity (Wildman–Crippen MR) is 75.1 cm³/mol. The Kier molecular flexibility index (Phi) is 11.8. The van der Waals surface area contributed by atoms with E-state index in [9.17, 15) is 0 Å². The molecule has 0 saturated carbocycles. The summed E-state index contributed by atoms with van der Waals surface area (Å²) >= 11 is 0. The van der Waals surface area contributed by atoms with E-state index in [1.807, 2.05) is 0 Å². The van der Waals surface area contributed by atoms with Crippen LogP contribution in [-0.2, 0) is 14.2 Å². The SMILES string of the molecule is CCC(CC)(CC)NCCOCCOCCOC. The van der Waals surface area contributed by atoms with Crippen molar-refractivity contribution in [2.75, 3.05) is 46.7 Å². The van der Waals surface area contributed by atoms with Gasteiger partial charge in [0.15, 0.2) is 0 Å². The Hall–Kier alpha value is -0.160. The molecule has 110 valence electrons. The van der Waals surface area contributed by atoms with Crippen LogP contribution in [0.5, 0.6) is 0 Å². The average molecular weight is 261 g/mol. The summed E-state index contributed by atoms with van der Waals surface area (Å²) in [6.07, 6.45) is 3.50. The lowest BCUT2D eigenvalue weighted by Gasteiger charge is -2.32. The third-order valence-electron chi connectivity index (χ3n) is 3.58. The van der Waals surface area contributed by atoms with Crippen molar-refractivity contribution in [3.63, 3.8) is 0 Å². The van der Waals surface area contributed by atoms with Crippen molar-refractivity contribution in [3.8, 4) is 0 Å². The molecular formula is C14H31NO3. The Morgan fingerprint density at radius 2 is 1.28 bits per heavy atom. The lowest BCUT2D eigenvalue weighted by atomic mass is 9.90. The van der Waals surface area contributed by atoms with Crippen LogP contribution in [0.1, 0.15) is 40.0 Å². The minimum Gasteiger partial charge on any atom is -0.382 e. The zero-order chi connectivity index (χ0) is 13.7. The van der Waals surface area contributed by atoms with Gasteiger partial charge in [-0.15, -0.1) is 0 Å². The van der Waals surface area contributed by atoms with Crippen molar-refractivity contribution in [2.45, 2.75) is 45.6 Å². The Balaban J connectivity index is 3.38. The maximum absolute atomic E-state index is 5.51. The van der Waals surface area contributed by atoms with E-state index < -0.39 is 0 Å². The topological polar surface area (TPSA) is 39.7 Å². The van der Waals surface area contributed by atoms with Gasteiger partial charge in [0.25, 0.3) is 0 Å². The summed E-state index contributed by atoms with van der Waals surface area (Å²) in [5.41, 5.74) is 0.290. The van der Waals surface area contributed by atoms with Crippen molar-refractivity contribution in [1.82, 2.24) is 5.32 Å². The minimum atomic E-state index is 0.290. The number of hydrogen-bond donors (Lipinski definition) is 1. The Labute approximate surface area is 112 Å². The fourth-order valence-corrected chi connectivity index (χ4v) is 1.98.